The summed E-state index contributed by atoms with van der Waals surface area (Å²) >= 11 is 18.1. The second-order valence-corrected chi connectivity index (χ2v) is 5.05. The quantitative estimate of drug-likeness (QED) is 0.580. The average Bonchev–Trinajstić information content (AvgIpc) is 2.24. The lowest BCUT2D eigenvalue weighted by Gasteiger charge is -2.16. The Morgan fingerprint density at radius 3 is 2.38 bits per heavy atom. The fourth-order valence-electron chi connectivity index (χ4n) is 1.64. The normalized spacial score (nSPS) is 12.8. The predicted octanol–water partition coefficient (Wildman–Crippen LogP) is 5.23. The summed E-state index contributed by atoms with van der Waals surface area (Å²) in [6, 6.07) is 3.30. The van der Waals surface area contributed by atoms with E-state index >= 15 is 0 Å². The van der Waals surface area contributed by atoms with Crippen molar-refractivity contribution in [3.63, 3.8) is 0 Å². The molecular weight excluding hydrogens is 264 g/mol. The Kier molecular flexibility index (Phi) is 5.91. The summed E-state index contributed by atoms with van der Waals surface area (Å²) in [4.78, 5) is 0. The Morgan fingerprint density at radius 2 is 1.75 bits per heavy atom. The molecule has 0 spiro atoms. The minimum Gasteiger partial charge on any atom is -0.324 e. The van der Waals surface area contributed by atoms with Gasteiger partial charge in [-0.2, -0.15) is 0 Å². The molecule has 0 fully saturated rings. The van der Waals surface area contributed by atoms with Gasteiger partial charge in [0.1, 0.15) is 0 Å². The molecule has 4 heteroatoms. The summed E-state index contributed by atoms with van der Waals surface area (Å²) in [5, 5.41) is 1.59. The monoisotopic (exact) mass is 279 g/mol. The van der Waals surface area contributed by atoms with E-state index in [1.165, 1.54) is 12.8 Å². The molecule has 0 aliphatic heterocycles. The van der Waals surface area contributed by atoms with Crippen LogP contribution in [-0.2, 0) is 0 Å². The van der Waals surface area contributed by atoms with Crippen LogP contribution in [0.4, 0.5) is 0 Å². The van der Waals surface area contributed by atoms with Crippen molar-refractivity contribution in [2.45, 2.75) is 38.6 Å². The Morgan fingerprint density at radius 1 is 1.12 bits per heavy atom. The van der Waals surface area contributed by atoms with Gasteiger partial charge in [-0.15, -0.1) is 0 Å². The van der Waals surface area contributed by atoms with E-state index < -0.39 is 0 Å². The van der Waals surface area contributed by atoms with Crippen molar-refractivity contribution in [3.8, 4) is 0 Å². The summed E-state index contributed by atoms with van der Waals surface area (Å²) in [7, 11) is 0. The Bertz CT molecular complexity index is 352. The summed E-state index contributed by atoms with van der Waals surface area (Å²) < 4.78 is 0. The maximum absolute atomic E-state index is 6.11. The molecule has 1 rings (SSSR count). The van der Waals surface area contributed by atoms with Gasteiger partial charge in [0, 0.05) is 16.6 Å². The largest absolute Gasteiger partial charge is 0.324 e. The van der Waals surface area contributed by atoms with Crippen molar-refractivity contribution in [2.75, 3.05) is 0 Å². The maximum Gasteiger partial charge on any atom is 0.0654 e. The summed E-state index contributed by atoms with van der Waals surface area (Å²) in [6.45, 7) is 2.16. The molecule has 1 aromatic rings. The van der Waals surface area contributed by atoms with Crippen molar-refractivity contribution in [1.82, 2.24) is 0 Å². The third-order valence-corrected chi connectivity index (χ3v) is 3.72. The average molecular weight is 281 g/mol. The molecule has 0 saturated heterocycles. The summed E-state index contributed by atoms with van der Waals surface area (Å²) in [5.74, 6) is 0. The molecule has 0 saturated carbocycles. The number of hydrogen-bond acceptors (Lipinski definition) is 1. The van der Waals surface area contributed by atoms with Crippen LogP contribution < -0.4 is 5.73 Å². The van der Waals surface area contributed by atoms with E-state index in [2.05, 4.69) is 6.92 Å². The van der Waals surface area contributed by atoms with Gasteiger partial charge in [0.15, 0.2) is 0 Å². The van der Waals surface area contributed by atoms with Crippen molar-refractivity contribution in [3.05, 3.63) is 32.8 Å². The molecule has 0 bridgehead atoms. The molecule has 0 unspecified atom stereocenters. The molecule has 0 heterocycles. The van der Waals surface area contributed by atoms with Crippen molar-refractivity contribution in [2.24, 2.45) is 5.73 Å². The molecule has 1 nitrogen and oxygen atoms in total. The Labute approximate surface area is 112 Å². The standard InChI is InChI=1S/C12H16Cl3N/c1-2-3-4-5-10(16)11-8(13)6-7-9(14)12(11)15/h6-7,10H,2-5,16H2,1H3/t10-/m0/s1. The van der Waals surface area contributed by atoms with Gasteiger partial charge in [-0.1, -0.05) is 61.0 Å². The second-order valence-electron chi connectivity index (χ2n) is 3.86. The first-order valence-electron chi connectivity index (χ1n) is 5.46. The van der Waals surface area contributed by atoms with Crippen LogP contribution in [0, 0.1) is 0 Å². The molecule has 0 amide bonds. The summed E-state index contributed by atoms with van der Waals surface area (Å²) in [6.07, 6.45) is 4.30. The zero-order chi connectivity index (χ0) is 12.1. The molecular formula is C12H16Cl3N. The van der Waals surface area contributed by atoms with Crippen LogP contribution >= 0.6 is 34.8 Å². The zero-order valence-electron chi connectivity index (χ0n) is 9.27. The molecule has 0 radical (unpaired) electrons. The van der Waals surface area contributed by atoms with Crippen molar-refractivity contribution >= 4 is 34.8 Å². The molecule has 0 aliphatic rings. The number of nitrogens with two attached hydrogens (primary N) is 1. The van der Waals surface area contributed by atoms with E-state index in [0.29, 0.717) is 15.1 Å². The predicted molar refractivity (Wildman–Crippen MR) is 72.5 cm³/mol. The van der Waals surface area contributed by atoms with Gasteiger partial charge in [0.05, 0.1) is 10.0 Å². The van der Waals surface area contributed by atoms with Gasteiger partial charge in [-0.3, -0.25) is 0 Å². The second kappa shape index (κ2) is 6.70. The van der Waals surface area contributed by atoms with Crippen LogP contribution in [0.15, 0.2) is 12.1 Å². The van der Waals surface area contributed by atoms with E-state index in [0.717, 1.165) is 18.4 Å². The third kappa shape index (κ3) is 3.53. The molecule has 0 aromatic heterocycles. The molecule has 1 aromatic carbocycles. The first-order valence-corrected chi connectivity index (χ1v) is 6.60. The van der Waals surface area contributed by atoms with Crippen LogP contribution in [0.3, 0.4) is 0 Å². The molecule has 0 aliphatic carbocycles. The topological polar surface area (TPSA) is 26.0 Å². The van der Waals surface area contributed by atoms with E-state index in [4.69, 9.17) is 40.5 Å². The first kappa shape index (κ1) is 14.1. The van der Waals surface area contributed by atoms with Gasteiger partial charge in [-0.25, -0.2) is 0 Å². The lowest BCUT2D eigenvalue weighted by Crippen LogP contribution is -2.11. The van der Waals surface area contributed by atoms with Gasteiger partial charge in [0.2, 0.25) is 0 Å². The highest BCUT2D eigenvalue weighted by atomic mass is 35.5. The van der Waals surface area contributed by atoms with E-state index in [9.17, 15) is 0 Å². The molecule has 1 atom stereocenters. The van der Waals surface area contributed by atoms with Crippen molar-refractivity contribution < 1.29 is 0 Å². The highest BCUT2D eigenvalue weighted by Gasteiger charge is 2.16. The number of halogens is 3. The first-order chi connectivity index (χ1) is 7.57. The van der Waals surface area contributed by atoms with Crippen LogP contribution in [0.25, 0.3) is 0 Å². The third-order valence-electron chi connectivity index (χ3n) is 2.57. The van der Waals surface area contributed by atoms with Gasteiger partial charge < -0.3 is 5.73 Å². The lowest BCUT2D eigenvalue weighted by molar-refractivity contribution is 0.581. The minimum atomic E-state index is -0.134. The number of benzene rings is 1. The number of hydrogen-bond donors (Lipinski definition) is 1. The Hall–Kier alpha value is 0.0500. The van der Waals surface area contributed by atoms with Crippen molar-refractivity contribution in [1.29, 1.82) is 0 Å². The van der Waals surface area contributed by atoms with Crippen LogP contribution in [0.2, 0.25) is 15.1 Å². The maximum atomic E-state index is 6.11. The highest BCUT2D eigenvalue weighted by Crippen LogP contribution is 2.36. The van der Waals surface area contributed by atoms with E-state index in [-0.39, 0.29) is 6.04 Å². The fraction of sp³-hybridized carbons (Fsp3) is 0.500. The minimum absolute atomic E-state index is 0.134. The van der Waals surface area contributed by atoms with Gasteiger partial charge in [-0.05, 0) is 18.6 Å². The zero-order valence-corrected chi connectivity index (χ0v) is 11.5. The number of unbranched alkanes of at least 4 members (excludes halogenated alkanes) is 2. The highest BCUT2D eigenvalue weighted by molar-refractivity contribution is 6.44. The van der Waals surface area contributed by atoms with Crippen LogP contribution in [0.5, 0.6) is 0 Å². The lowest BCUT2D eigenvalue weighted by atomic mass is 10.0. The summed E-state index contributed by atoms with van der Waals surface area (Å²) in [5.41, 5.74) is 6.85. The van der Waals surface area contributed by atoms with E-state index in [1.807, 2.05) is 0 Å². The van der Waals surface area contributed by atoms with E-state index in [1.54, 1.807) is 12.1 Å². The Balaban J connectivity index is 2.81. The smallest absolute Gasteiger partial charge is 0.0654 e. The van der Waals surface area contributed by atoms with Crippen LogP contribution in [0.1, 0.15) is 44.2 Å². The number of rotatable bonds is 5. The molecule has 2 N–H and O–H groups in total. The van der Waals surface area contributed by atoms with Gasteiger partial charge >= 0.3 is 0 Å². The molecule has 90 valence electrons. The van der Waals surface area contributed by atoms with Gasteiger partial charge in [0.25, 0.3) is 0 Å². The van der Waals surface area contributed by atoms with Crippen LogP contribution in [-0.4, -0.2) is 0 Å². The molecule has 16 heavy (non-hydrogen) atoms. The fourth-order valence-corrected chi connectivity index (χ4v) is 2.46. The SMILES string of the molecule is CCCCC[C@H](N)c1c(Cl)ccc(Cl)c1Cl.